The zero-order valence-electron chi connectivity index (χ0n) is 13.5. The largest absolute Gasteiger partial charge is 0.451 e. The summed E-state index contributed by atoms with van der Waals surface area (Å²) in [6, 6.07) is 16.0. The topological polar surface area (TPSA) is 71.3 Å². The quantitative estimate of drug-likeness (QED) is 0.653. The number of nitrogens with one attached hydrogen (secondary N) is 2. The van der Waals surface area contributed by atoms with Gasteiger partial charge >= 0.3 is 0 Å². The smallest absolute Gasteiger partial charge is 0.287 e. The minimum absolute atomic E-state index is 0.0676. The lowest BCUT2D eigenvalue weighted by Crippen LogP contribution is -2.32. The van der Waals surface area contributed by atoms with Crippen LogP contribution in [-0.4, -0.2) is 18.4 Å². The van der Waals surface area contributed by atoms with Crippen molar-refractivity contribution >= 4 is 33.4 Å². The van der Waals surface area contributed by atoms with Crippen molar-refractivity contribution in [3.8, 4) is 11.3 Å². The molecular weight excluding hydrogens is 403 g/mol. The average molecular weight is 417 g/mol. The number of hydrogen-bond acceptors (Lipinski definition) is 3. The predicted octanol–water partition coefficient (Wildman–Crippen LogP) is 4.22. The Labute approximate surface area is 157 Å². The Balaban J connectivity index is 1.58. The van der Waals surface area contributed by atoms with Crippen molar-refractivity contribution in [2.24, 2.45) is 0 Å². The number of benzene rings is 2. The molecule has 2 amide bonds. The van der Waals surface area contributed by atoms with Gasteiger partial charge in [0.2, 0.25) is 5.91 Å². The van der Waals surface area contributed by atoms with Gasteiger partial charge in [-0.2, -0.15) is 0 Å². The summed E-state index contributed by atoms with van der Waals surface area (Å²) in [5.41, 5.74) is 1.26. The van der Waals surface area contributed by atoms with Gasteiger partial charge in [-0.15, -0.1) is 0 Å². The van der Waals surface area contributed by atoms with Crippen LogP contribution in [0.2, 0.25) is 0 Å². The zero-order chi connectivity index (χ0) is 18.5. The molecule has 0 saturated heterocycles. The summed E-state index contributed by atoms with van der Waals surface area (Å²) in [5, 5.41) is 5.18. The monoisotopic (exact) mass is 416 g/mol. The Morgan fingerprint density at radius 2 is 1.73 bits per heavy atom. The first-order valence-corrected chi connectivity index (χ1v) is 8.50. The van der Waals surface area contributed by atoms with Crippen molar-refractivity contribution < 1.29 is 18.4 Å². The van der Waals surface area contributed by atoms with Gasteiger partial charge in [0, 0.05) is 10.0 Å². The molecule has 2 aromatic carbocycles. The predicted molar refractivity (Wildman–Crippen MR) is 99.2 cm³/mol. The van der Waals surface area contributed by atoms with E-state index in [-0.39, 0.29) is 24.0 Å². The van der Waals surface area contributed by atoms with Gasteiger partial charge in [-0.25, -0.2) is 4.39 Å². The Kier molecular flexibility index (Phi) is 5.48. The van der Waals surface area contributed by atoms with Crippen LogP contribution in [0.5, 0.6) is 0 Å². The molecule has 26 heavy (non-hydrogen) atoms. The van der Waals surface area contributed by atoms with Crippen molar-refractivity contribution in [1.29, 1.82) is 0 Å². The van der Waals surface area contributed by atoms with Crippen LogP contribution in [-0.2, 0) is 4.79 Å². The van der Waals surface area contributed by atoms with Crippen LogP contribution < -0.4 is 10.6 Å². The highest BCUT2D eigenvalue weighted by atomic mass is 79.9. The number of amides is 2. The van der Waals surface area contributed by atoms with E-state index in [1.807, 2.05) is 6.07 Å². The summed E-state index contributed by atoms with van der Waals surface area (Å²) < 4.78 is 19.2. The number of para-hydroxylation sites is 1. The van der Waals surface area contributed by atoms with E-state index in [0.29, 0.717) is 17.0 Å². The molecule has 0 aliphatic carbocycles. The van der Waals surface area contributed by atoms with Gasteiger partial charge in [-0.1, -0.05) is 12.1 Å². The van der Waals surface area contributed by atoms with Crippen molar-refractivity contribution in [2.45, 2.75) is 0 Å². The molecule has 3 rings (SSSR count). The standard InChI is InChI=1S/C19H14BrFN2O3/c20-14-3-1-2-4-15(14)23-18(24)11-22-19(25)17-10-9-16(26-17)12-5-7-13(21)8-6-12/h1-10H,11H2,(H,22,25)(H,23,24). The second kappa shape index (κ2) is 7.97. The average Bonchev–Trinajstić information content (AvgIpc) is 3.12. The van der Waals surface area contributed by atoms with Crippen LogP contribution in [0.25, 0.3) is 11.3 Å². The van der Waals surface area contributed by atoms with Gasteiger partial charge in [0.05, 0.1) is 12.2 Å². The summed E-state index contributed by atoms with van der Waals surface area (Å²) in [6.45, 7) is -0.202. The van der Waals surface area contributed by atoms with E-state index in [2.05, 4.69) is 26.6 Å². The molecule has 0 atom stereocenters. The second-order valence-corrected chi connectivity index (χ2v) is 6.24. The highest BCUT2D eigenvalue weighted by Crippen LogP contribution is 2.23. The number of furan rings is 1. The van der Waals surface area contributed by atoms with E-state index >= 15 is 0 Å². The number of hydrogen-bond donors (Lipinski definition) is 2. The van der Waals surface area contributed by atoms with Crippen LogP contribution in [0, 0.1) is 5.82 Å². The molecule has 0 spiro atoms. The first kappa shape index (κ1) is 17.9. The maximum atomic E-state index is 13.0. The van der Waals surface area contributed by atoms with Gasteiger partial charge in [0.25, 0.3) is 5.91 Å². The molecule has 7 heteroatoms. The fraction of sp³-hybridized carbons (Fsp3) is 0.0526. The molecule has 2 N–H and O–H groups in total. The van der Waals surface area contributed by atoms with Crippen LogP contribution >= 0.6 is 15.9 Å². The second-order valence-electron chi connectivity index (χ2n) is 5.38. The molecule has 5 nitrogen and oxygen atoms in total. The molecule has 0 bridgehead atoms. The lowest BCUT2D eigenvalue weighted by atomic mass is 10.2. The molecule has 1 heterocycles. The molecule has 0 fully saturated rings. The lowest BCUT2D eigenvalue weighted by Gasteiger charge is -2.07. The Morgan fingerprint density at radius 1 is 1.00 bits per heavy atom. The maximum absolute atomic E-state index is 13.0. The van der Waals surface area contributed by atoms with Crippen molar-refractivity contribution in [1.82, 2.24) is 5.32 Å². The van der Waals surface area contributed by atoms with Gasteiger partial charge in [0.1, 0.15) is 11.6 Å². The minimum atomic E-state index is -0.513. The summed E-state index contributed by atoms with van der Waals surface area (Å²) in [5.74, 6) is -0.726. The molecule has 0 aliphatic rings. The van der Waals surface area contributed by atoms with E-state index in [0.717, 1.165) is 4.47 Å². The van der Waals surface area contributed by atoms with E-state index in [1.165, 1.54) is 18.2 Å². The van der Waals surface area contributed by atoms with Crippen LogP contribution in [0.1, 0.15) is 10.6 Å². The maximum Gasteiger partial charge on any atom is 0.287 e. The van der Waals surface area contributed by atoms with E-state index in [9.17, 15) is 14.0 Å². The Bertz CT molecular complexity index is 938. The molecule has 0 unspecified atom stereocenters. The van der Waals surface area contributed by atoms with E-state index in [1.54, 1.807) is 36.4 Å². The normalized spacial score (nSPS) is 10.4. The number of carbonyl (C=O) groups is 2. The number of carbonyl (C=O) groups excluding carboxylic acids is 2. The SMILES string of the molecule is O=C(CNC(=O)c1ccc(-c2ccc(F)cc2)o1)Nc1ccccc1Br. The summed E-state index contributed by atoms with van der Waals surface area (Å²) >= 11 is 3.33. The zero-order valence-corrected chi connectivity index (χ0v) is 15.0. The van der Waals surface area contributed by atoms with Gasteiger partial charge < -0.3 is 15.1 Å². The fourth-order valence-corrected chi connectivity index (χ4v) is 2.62. The molecule has 132 valence electrons. The highest BCUT2D eigenvalue weighted by molar-refractivity contribution is 9.10. The molecule has 1 aromatic heterocycles. The molecule has 0 aliphatic heterocycles. The van der Waals surface area contributed by atoms with Crippen molar-refractivity contribution in [3.05, 3.63) is 76.7 Å². The first-order chi connectivity index (χ1) is 12.5. The molecule has 0 radical (unpaired) electrons. The van der Waals surface area contributed by atoms with E-state index in [4.69, 9.17) is 4.42 Å². The van der Waals surface area contributed by atoms with Crippen LogP contribution in [0.4, 0.5) is 10.1 Å². The summed E-state index contributed by atoms with van der Waals surface area (Å²) in [7, 11) is 0. The van der Waals surface area contributed by atoms with E-state index < -0.39 is 5.91 Å². The van der Waals surface area contributed by atoms with Gasteiger partial charge in [-0.05, 0) is 64.5 Å². The fourth-order valence-electron chi connectivity index (χ4n) is 2.23. The number of anilines is 1. The number of rotatable bonds is 5. The first-order valence-electron chi connectivity index (χ1n) is 7.71. The third kappa shape index (κ3) is 4.37. The third-order valence-electron chi connectivity index (χ3n) is 3.52. The highest BCUT2D eigenvalue weighted by Gasteiger charge is 2.14. The van der Waals surface area contributed by atoms with Crippen molar-refractivity contribution in [2.75, 3.05) is 11.9 Å². The minimum Gasteiger partial charge on any atom is -0.451 e. The summed E-state index contributed by atoms with van der Waals surface area (Å²) in [6.07, 6.45) is 0. The van der Waals surface area contributed by atoms with Gasteiger partial charge in [-0.3, -0.25) is 9.59 Å². The summed E-state index contributed by atoms with van der Waals surface area (Å²) in [4.78, 5) is 24.1. The lowest BCUT2D eigenvalue weighted by molar-refractivity contribution is -0.115. The number of halogens is 2. The van der Waals surface area contributed by atoms with Crippen molar-refractivity contribution in [3.63, 3.8) is 0 Å². The Morgan fingerprint density at radius 3 is 2.46 bits per heavy atom. The molecule has 0 saturated carbocycles. The third-order valence-corrected chi connectivity index (χ3v) is 4.21. The van der Waals surface area contributed by atoms with Crippen LogP contribution in [0.3, 0.4) is 0 Å². The molecule has 3 aromatic rings. The van der Waals surface area contributed by atoms with Crippen LogP contribution in [0.15, 0.2) is 69.6 Å². The Hall–Kier alpha value is -2.93. The molecular formula is C19H14BrFN2O3. The van der Waals surface area contributed by atoms with Gasteiger partial charge in [0.15, 0.2) is 5.76 Å².